The van der Waals surface area contributed by atoms with Gasteiger partial charge >= 0.3 is 0 Å². The molecule has 0 aliphatic rings. The maximum Gasteiger partial charge on any atom is 0.241 e. The van der Waals surface area contributed by atoms with Crippen molar-refractivity contribution in [1.82, 2.24) is 5.32 Å². The van der Waals surface area contributed by atoms with E-state index < -0.39 is 6.04 Å². The van der Waals surface area contributed by atoms with Crippen LogP contribution in [0.2, 0.25) is 0 Å². The molecule has 1 atom stereocenters. The number of nitrogens with one attached hydrogen (secondary N) is 1. The van der Waals surface area contributed by atoms with Gasteiger partial charge in [-0.05, 0) is 24.6 Å². The van der Waals surface area contributed by atoms with Crippen LogP contribution in [0.1, 0.15) is 22.7 Å². The van der Waals surface area contributed by atoms with E-state index in [9.17, 15) is 4.79 Å². The molecular formula is C19H25ClN2O4. The van der Waals surface area contributed by atoms with Crippen LogP contribution < -0.4 is 25.3 Å². The first kappa shape index (κ1) is 21.6. The first-order valence-corrected chi connectivity index (χ1v) is 7.89. The summed E-state index contributed by atoms with van der Waals surface area (Å²) in [5, 5.41) is 2.84. The summed E-state index contributed by atoms with van der Waals surface area (Å²) in [6.07, 6.45) is 0. The van der Waals surface area contributed by atoms with E-state index in [1.54, 1.807) is 20.3 Å². The Hall–Kier alpha value is -2.44. The number of ether oxygens (including phenoxy) is 3. The maximum absolute atomic E-state index is 12.3. The van der Waals surface area contributed by atoms with Crippen LogP contribution >= 0.6 is 12.4 Å². The highest BCUT2D eigenvalue weighted by atomic mass is 35.5. The fraction of sp³-hybridized carbons (Fsp3) is 0.316. The van der Waals surface area contributed by atoms with Gasteiger partial charge < -0.3 is 25.3 Å². The van der Waals surface area contributed by atoms with Crippen LogP contribution in [0.15, 0.2) is 36.4 Å². The van der Waals surface area contributed by atoms with E-state index in [4.69, 9.17) is 19.9 Å². The number of methoxy groups -OCH3 is 3. The Morgan fingerprint density at radius 3 is 2.15 bits per heavy atom. The summed E-state index contributed by atoms with van der Waals surface area (Å²) >= 11 is 0. The number of benzene rings is 2. The molecule has 2 rings (SSSR count). The van der Waals surface area contributed by atoms with Crippen molar-refractivity contribution in [2.24, 2.45) is 5.73 Å². The van der Waals surface area contributed by atoms with Gasteiger partial charge in [-0.15, -0.1) is 12.4 Å². The smallest absolute Gasteiger partial charge is 0.241 e. The minimum atomic E-state index is -0.730. The third-order valence-corrected chi connectivity index (χ3v) is 3.96. The molecule has 1 unspecified atom stereocenters. The predicted molar refractivity (Wildman–Crippen MR) is 103 cm³/mol. The summed E-state index contributed by atoms with van der Waals surface area (Å²) in [5.41, 5.74) is 8.69. The molecule has 0 radical (unpaired) electrons. The quantitative estimate of drug-likeness (QED) is 0.771. The van der Waals surface area contributed by atoms with Gasteiger partial charge in [-0.25, -0.2) is 0 Å². The van der Waals surface area contributed by atoms with Crippen LogP contribution in [0, 0.1) is 6.92 Å². The molecule has 0 aromatic heterocycles. The van der Waals surface area contributed by atoms with E-state index in [1.807, 2.05) is 37.3 Å². The number of aryl methyl sites for hydroxylation is 1. The average molecular weight is 381 g/mol. The number of halogens is 1. The molecule has 1 amide bonds. The highest BCUT2D eigenvalue weighted by molar-refractivity contribution is 5.85. The SMILES string of the molecule is COc1ccc(CNC(=O)C(N)c2ccc(C)cc2)c(OC)c1OC.Cl. The van der Waals surface area contributed by atoms with E-state index in [0.717, 1.165) is 16.7 Å². The van der Waals surface area contributed by atoms with Crippen molar-refractivity contribution >= 4 is 18.3 Å². The first-order chi connectivity index (χ1) is 12.0. The molecule has 3 N–H and O–H groups in total. The number of rotatable bonds is 7. The van der Waals surface area contributed by atoms with Crippen LogP contribution in [0.25, 0.3) is 0 Å². The molecule has 0 fully saturated rings. The Balaban J connectivity index is 0.00000338. The molecule has 0 saturated heterocycles. The van der Waals surface area contributed by atoms with Gasteiger partial charge in [-0.1, -0.05) is 29.8 Å². The molecule has 0 aliphatic heterocycles. The Morgan fingerprint density at radius 1 is 1.00 bits per heavy atom. The fourth-order valence-corrected chi connectivity index (χ4v) is 2.52. The molecule has 6 nitrogen and oxygen atoms in total. The summed E-state index contributed by atoms with van der Waals surface area (Å²) in [4.78, 5) is 12.3. The zero-order chi connectivity index (χ0) is 18.4. The van der Waals surface area contributed by atoms with Crippen LogP contribution in [0.5, 0.6) is 17.2 Å². The molecule has 2 aromatic rings. The van der Waals surface area contributed by atoms with Crippen LogP contribution in [0.3, 0.4) is 0 Å². The fourth-order valence-electron chi connectivity index (χ4n) is 2.52. The third-order valence-electron chi connectivity index (χ3n) is 3.96. The topological polar surface area (TPSA) is 82.8 Å². The normalized spacial score (nSPS) is 11.1. The monoisotopic (exact) mass is 380 g/mol. The van der Waals surface area contributed by atoms with Gasteiger partial charge in [0.2, 0.25) is 11.7 Å². The number of amides is 1. The lowest BCUT2D eigenvalue weighted by Crippen LogP contribution is -2.33. The number of carbonyl (C=O) groups is 1. The lowest BCUT2D eigenvalue weighted by molar-refractivity contribution is -0.122. The summed E-state index contributed by atoms with van der Waals surface area (Å²) < 4.78 is 16.0. The highest BCUT2D eigenvalue weighted by Gasteiger charge is 2.19. The lowest BCUT2D eigenvalue weighted by Gasteiger charge is -2.17. The van der Waals surface area contributed by atoms with Gasteiger partial charge in [0.25, 0.3) is 0 Å². The molecule has 0 spiro atoms. The molecule has 26 heavy (non-hydrogen) atoms. The number of hydrogen-bond acceptors (Lipinski definition) is 5. The maximum atomic E-state index is 12.3. The van der Waals surface area contributed by atoms with Crippen LogP contribution in [-0.4, -0.2) is 27.2 Å². The van der Waals surface area contributed by atoms with E-state index in [0.29, 0.717) is 17.2 Å². The zero-order valence-corrected chi connectivity index (χ0v) is 16.2. The molecule has 7 heteroatoms. The molecule has 0 saturated carbocycles. The van der Waals surface area contributed by atoms with Crippen molar-refractivity contribution in [3.8, 4) is 17.2 Å². The average Bonchev–Trinajstić information content (AvgIpc) is 2.64. The number of hydrogen-bond donors (Lipinski definition) is 2. The molecule has 2 aromatic carbocycles. The lowest BCUT2D eigenvalue weighted by atomic mass is 10.1. The molecule has 0 bridgehead atoms. The van der Waals surface area contributed by atoms with Gasteiger partial charge in [0.1, 0.15) is 6.04 Å². The Morgan fingerprint density at radius 2 is 1.62 bits per heavy atom. The van der Waals surface area contributed by atoms with Crippen molar-refractivity contribution in [2.75, 3.05) is 21.3 Å². The van der Waals surface area contributed by atoms with E-state index in [-0.39, 0.29) is 24.9 Å². The van der Waals surface area contributed by atoms with Gasteiger partial charge in [-0.3, -0.25) is 4.79 Å². The summed E-state index contributed by atoms with van der Waals surface area (Å²) in [6, 6.07) is 10.4. The standard InChI is InChI=1S/C19H24N2O4.ClH/c1-12-5-7-13(8-6-12)16(20)19(22)21-11-14-9-10-15(23-2)18(25-4)17(14)24-3;/h5-10,16H,11,20H2,1-4H3,(H,21,22);1H. The summed E-state index contributed by atoms with van der Waals surface area (Å²) in [5.74, 6) is 1.30. The first-order valence-electron chi connectivity index (χ1n) is 7.89. The highest BCUT2D eigenvalue weighted by Crippen LogP contribution is 2.39. The molecule has 0 aliphatic carbocycles. The predicted octanol–water partition coefficient (Wildman–Crippen LogP) is 2.76. The third kappa shape index (κ3) is 4.80. The summed E-state index contributed by atoms with van der Waals surface area (Å²) in [6.45, 7) is 2.25. The minimum Gasteiger partial charge on any atom is -0.493 e. The van der Waals surface area contributed by atoms with Crippen molar-refractivity contribution < 1.29 is 19.0 Å². The van der Waals surface area contributed by atoms with Crippen LogP contribution in [-0.2, 0) is 11.3 Å². The number of carbonyl (C=O) groups excluding carboxylic acids is 1. The second-order valence-corrected chi connectivity index (χ2v) is 5.60. The van der Waals surface area contributed by atoms with Crippen molar-refractivity contribution in [1.29, 1.82) is 0 Å². The second-order valence-electron chi connectivity index (χ2n) is 5.60. The molecule has 0 heterocycles. The second kappa shape index (κ2) is 9.89. The summed E-state index contributed by atoms with van der Waals surface area (Å²) in [7, 11) is 4.63. The van der Waals surface area contributed by atoms with Crippen molar-refractivity contribution in [2.45, 2.75) is 19.5 Å². The van der Waals surface area contributed by atoms with Gasteiger partial charge in [-0.2, -0.15) is 0 Å². The van der Waals surface area contributed by atoms with Gasteiger partial charge in [0.05, 0.1) is 21.3 Å². The van der Waals surface area contributed by atoms with Gasteiger partial charge in [0, 0.05) is 12.1 Å². The molecule has 142 valence electrons. The van der Waals surface area contributed by atoms with Crippen molar-refractivity contribution in [3.63, 3.8) is 0 Å². The Kier molecular flexibility index (Phi) is 8.22. The van der Waals surface area contributed by atoms with E-state index >= 15 is 0 Å². The number of nitrogens with two attached hydrogens (primary N) is 1. The van der Waals surface area contributed by atoms with Crippen molar-refractivity contribution in [3.05, 3.63) is 53.1 Å². The van der Waals surface area contributed by atoms with E-state index in [2.05, 4.69) is 5.32 Å². The zero-order valence-electron chi connectivity index (χ0n) is 15.4. The minimum absolute atomic E-state index is 0. The Bertz CT molecular complexity index is 735. The largest absolute Gasteiger partial charge is 0.493 e. The van der Waals surface area contributed by atoms with Gasteiger partial charge in [0.15, 0.2) is 11.5 Å². The molecular weight excluding hydrogens is 356 g/mol. The van der Waals surface area contributed by atoms with Crippen LogP contribution in [0.4, 0.5) is 0 Å². The van der Waals surface area contributed by atoms with E-state index in [1.165, 1.54) is 7.11 Å². The Labute approximate surface area is 160 Å².